The van der Waals surface area contributed by atoms with Crippen LogP contribution in [0, 0.1) is 11.8 Å². The zero-order chi connectivity index (χ0) is 35.9. The van der Waals surface area contributed by atoms with Gasteiger partial charge in [0.15, 0.2) is 24.8 Å². The second-order valence-electron chi connectivity index (χ2n) is 13.9. The second-order valence-corrected chi connectivity index (χ2v) is 13.9. The largest absolute Gasteiger partial charge is 0.481 e. The van der Waals surface area contributed by atoms with E-state index < -0.39 is 147 Å². The summed E-state index contributed by atoms with van der Waals surface area (Å²) in [6, 6.07) is 0. The van der Waals surface area contributed by atoms with Crippen LogP contribution in [-0.4, -0.2) is 190 Å². The molecule has 19 heteroatoms. The van der Waals surface area contributed by atoms with Gasteiger partial charge in [0.2, 0.25) is 0 Å². The Morgan fingerprint density at radius 3 is 2.04 bits per heavy atom. The van der Waals surface area contributed by atoms with Gasteiger partial charge in [-0.1, -0.05) is 0 Å². The molecule has 12 N–H and O–H groups in total. The maximum Gasteiger partial charge on any atom is 0.317 e. The minimum atomic E-state index is -1.90. The number of fused-ring (bicyclic) bond motifs is 1. The Hall–Kier alpha value is -1.66. The maximum absolute atomic E-state index is 12.0. The van der Waals surface area contributed by atoms with E-state index in [-0.39, 0.29) is 32.1 Å². The summed E-state index contributed by atoms with van der Waals surface area (Å²) in [5, 5.41) is 115. The highest BCUT2D eigenvalue weighted by Crippen LogP contribution is 2.42. The molecule has 0 aromatic carbocycles. The van der Waals surface area contributed by atoms with Gasteiger partial charge in [-0.3, -0.25) is 9.59 Å². The van der Waals surface area contributed by atoms with Crippen LogP contribution in [0.5, 0.6) is 0 Å². The van der Waals surface area contributed by atoms with Gasteiger partial charge in [-0.2, -0.15) is 0 Å². The van der Waals surface area contributed by atoms with Crippen molar-refractivity contribution in [3.63, 3.8) is 0 Å². The normalized spacial score (nSPS) is 50.7. The number of carboxylic acids is 1. The van der Waals surface area contributed by atoms with Gasteiger partial charge < -0.3 is 84.6 Å². The first-order chi connectivity index (χ1) is 23.0. The standard InChI is InChI=1S/C30H48O19/c1-9-21(38)24(41)26(43)29(45-9)49-28-25(42)23(40)18(8-44-20(37)7-19(35)36)48-30(28)47-17-6-12-13(32)4-11(31)5-16(12)46-27(17)10-2-14(33)22(39)15(34)3-10/h9-18,21-34,38-43H,2-8H2,1H3,(H,35,36)/p+1/t9-,10?,11?,12?,13?,14?,15?,16?,17?,18-,21-,22?,23-,24+,25+,26-,27?,28-,29+,30-/m0/s1. The molecule has 0 spiro atoms. The fourth-order valence-electron chi connectivity index (χ4n) is 7.66. The molecule has 18 atom stereocenters. The van der Waals surface area contributed by atoms with Gasteiger partial charge >= 0.3 is 11.9 Å². The van der Waals surface area contributed by atoms with Crippen LogP contribution >= 0.6 is 0 Å². The van der Waals surface area contributed by atoms with Crippen molar-refractivity contribution in [1.82, 2.24) is 0 Å². The van der Waals surface area contributed by atoms with Crippen LogP contribution in [0.3, 0.4) is 0 Å². The molecule has 282 valence electrons. The van der Waals surface area contributed by atoms with E-state index in [2.05, 4.69) is 0 Å². The SMILES string of the molecule is C[C@@H]1O[C@H](O[C@@H]2[C@@H](OC3CC4C(O)CC(O)CC4[OH+]C3C3CC(O)C(O)C(O)C3)O[C@@H](COC(=O)CC(=O)O)[C@H](O)[C@H]2O)[C@@H](O)[C@H](O)[C@H]1O. The third-order valence-electron chi connectivity index (χ3n) is 10.4. The van der Waals surface area contributed by atoms with E-state index in [4.69, 9.17) is 33.5 Å². The maximum atomic E-state index is 12.0. The average Bonchev–Trinajstić information content (AvgIpc) is 3.03. The van der Waals surface area contributed by atoms with E-state index in [1.54, 1.807) is 0 Å². The van der Waals surface area contributed by atoms with Crippen LogP contribution in [0.1, 0.15) is 45.4 Å². The number of esters is 1. The Labute approximate surface area is 280 Å². The van der Waals surface area contributed by atoms with Gasteiger partial charge in [0.25, 0.3) is 0 Å². The van der Waals surface area contributed by atoms with Gasteiger partial charge in [-0.15, -0.1) is 0 Å². The molecule has 0 radical (unpaired) electrons. The van der Waals surface area contributed by atoms with Crippen molar-refractivity contribution in [2.45, 2.75) is 156 Å². The molecular formula is C30H49O19+. The average molecular weight is 714 g/mol. The van der Waals surface area contributed by atoms with Crippen molar-refractivity contribution in [3.8, 4) is 0 Å². The van der Waals surface area contributed by atoms with E-state index in [0.717, 1.165) is 0 Å². The predicted octanol–water partition coefficient (Wildman–Crippen LogP) is -5.66. The van der Waals surface area contributed by atoms with Gasteiger partial charge in [-0.25, -0.2) is 0 Å². The number of ether oxygens (including phenoxy) is 6. The van der Waals surface area contributed by atoms with Crippen molar-refractivity contribution in [2.24, 2.45) is 11.8 Å². The van der Waals surface area contributed by atoms with Crippen LogP contribution in [0.2, 0.25) is 0 Å². The van der Waals surface area contributed by atoms with Crippen LogP contribution in [0.15, 0.2) is 0 Å². The summed E-state index contributed by atoms with van der Waals surface area (Å²) in [6.07, 6.45) is -25.1. The van der Waals surface area contributed by atoms with Crippen LogP contribution < -0.4 is 0 Å². The molecule has 49 heavy (non-hydrogen) atoms. The number of carbonyl (C=O) groups excluding carboxylic acids is 1. The molecule has 3 aliphatic heterocycles. The summed E-state index contributed by atoms with van der Waals surface area (Å²) in [7, 11) is 0. The Balaban J connectivity index is 1.43. The number of carbonyl (C=O) groups is 2. The molecule has 8 unspecified atom stereocenters. The fraction of sp³-hybridized carbons (Fsp3) is 0.933. The summed E-state index contributed by atoms with van der Waals surface area (Å²) in [5.41, 5.74) is 0. The number of carboxylic acid groups (broad SMARTS) is 1. The number of aliphatic hydroxyl groups excluding tert-OH is 10. The third-order valence-corrected chi connectivity index (χ3v) is 10.4. The van der Waals surface area contributed by atoms with Crippen molar-refractivity contribution in [2.75, 3.05) is 6.61 Å². The minimum Gasteiger partial charge on any atom is -0.481 e. The van der Waals surface area contributed by atoms with Gasteiger partial charge in [-0.05, 0) is 26.2 Å². The van der Waals surface area contributed by atoms with Crippen molar-refractivity contribution < 1.29 is 94.2 Å². The Bertz CT molecular complexity index is 1120. The molecule has 3 saturated heterocycles. The van der Waals surface area contributed by atoms with Crippen molar-refractivity contribution >= 4 is 11.9 Å². The molecule has 2 aliphatic carbocycles. The summed E-state index contributed by atoms with van der Waals surface area (Å²) < 4.78 is 33.6. The number of aliphatic hydroxyl groups is 12. The van der Waals surface area contributed by atoms with Crippen molar-refractivity contribution in [3.05, 3.63) is 0 Å². The van der Waals surface area contributed by atoms with Crippen molar-refractivity contribution in [1.29, 1.82) is 0 Å². The molecule has 0 bridgehead atoms. The zero-order valence-corrected chi connectivity index (χ0v) is 26.7. The predicted molar refractivity (Wildman–Crippen MR) is 156 cm³/mol. The first-order valence-corrected chi connectivity index (χ1v) is 16.6. The lowest BCUT2D eigenvalue weighted by Gasteiger charge is -2.50. The molecule has 5 aliphatic rings. The molecule has 5 fully saturated rings. The molecule has 3 heterocycles. The van der Waals surface area contributed by atoms with E-state index in [0.29, 0.717) is 0 Å². The van der Waals surface area contributed by atoms with Gasteiger partial charge in [0, 0.05) is 18.8 Å². The first kappa shape index (κ1) is 38.6. The fourth-order valence-corrected chi connectivity index (χ4v) is 7.66. The highest BCUT2D eigenvalue weighted by Gasteiger charge is 2.57. The molecule has 19 nitrogen and oxygen atoms in total. The quantitative estimate of drug-likeness (QED) is 0.0602. The van der Waals surface area contributed by atoms with Gasteiger partial charge in [0.1, 0.15) is 68.0 Å². The summed E-state index contributed by atoms with van der Waals surface area (Å²) in [6.45, 7) is 0.676. The zero-order valence-electron chi connectivity index (χ0n) is 26.7. The molecular weight excluding hydrogens is 664 g/mol. The Morgan fingerprint density at radius 1 is 0.714 bits per heavy atom. The molecule has 0 amide bonds. The van der Waals surface area contributed by atoms with Gasteiger partial charge in [0.05, 0.1) is 36.4 Å². The highest BCUT2D eigenvalue weighted by atomic mass is 16.8. The molecule has 5 rings (SSSR count). The van der Waals surface area contributed by atoms with E-state index in [1.165, 1.54) is 6.92 Å². The molecule has 0 aromatic heterocycles. The van der Waals surface area contributed by atoms with Crippen LogP contribution in [-0.2, 0) is 33.3 Å². The van der Waals surface area contributed by atoms with Crippen LogP contribution in [0.4, 0.5) is 0 Å². The third kappa shape index (κ3) is 8.53. The Morgan fingerprint density at radius 2 is 1.39 bits per heavy atom. The topological polar surface area (TPSA) is 316 Å². The lowest BCUT2D eigenvalue weighted by atomic mass is 9.72. The highest BCUT2D eigenvalue weighted by molar-refractivity contribution is 5.90. The van der Waals surface area contributed by atoms with E-state index >= 15 is 0 Å². The number of aliphatic carboxylic acids is 1. The van der Waals surface area contributed by atoms with Crippen LogP contribution in [0.25, 0.3) is 0 Å². The number of rotatable bonds is 9. The number of hydrogen-bond acceptors (Lipinski definition) is 17. The molecule has 2 saturated carbocycles. The summed E-state index contributed by atoms with van der Waals surface area (Å²) in [4.78, 5) is 22.9. The summed E-state index contributed by atoms with van der Waals surface area (Å²) in [5.74, 6) is -3.72. The second kappa shape index (κ2) is 15.9. The summed E-state index contributed by atoms with van der Waals surface area (Å²) >= 11 is 0. The first-order valence-electron chi connectivity index (χ1n) is 16.6. The smallest absolute Gasteiger partial charge is 0.317 e. The molecule has 0 aromatic rings. The minimum absolute atomic E-state index is 0.00387. The van der Waals surface area contributed by atoms with E-state index in [9.17, 15) is 60.7 Å². The lowest BCUT2D eigenvalue weighted by Crippen LogP contribution is -2.66. The monoisotopic (exact) mass is 713 g/mol. The number of hydrogen-bond donors (Lipinski definition) is 11. The van der Waals surface area contributed by atoms with E-state index in [1.807, 2.05) is 0 Å². The Kier molecular flexibility index (Phi) is 12.5. The lowest BCUT2D eigenvalue weighted by molar-refractivity contribution is -0.386.